The van der Waals surface area contributed by atoms with Crippen LogP contribution in [0.4, 0.5) is 0 Å². The van der Waals surface area contributed by atoms with E-state index in [2.05, 4.69) is 75.1 Å². The van der Waals surface area contributed by atoms with Crippen LogP contribution in [-0.2, 0) is 12.3 Å². The average Bonchev–Trinajstić information content (AvgIpc) is 3.47. The Bertz CT molecular complexity index is 1160. The lowest BCUT2D eigenvalue weighted by Gasteiger charge is -2.23. The fourth-order valence-corrected chi connectivity index (χ4v) is 4.52. The molecule has 8 nitrogen and oxygen atoms in total. The molecular formula is C23H28N6O2S. The van der Waals surface area contributed by atoms with Crippen molar-refractivity contribution in [3.63, 3.8) is 0 Å². The predicted molar refractivity (Wildman–Crippen MR) is 123 cm³/mol. The van der Waals surface area contributed by atoms with Crippen molar-refractivity contribution >= 4 is 11.8 Å². The molecule has 3 heterocycles. The first-order chi connectivity index (χ1) is 15.5. The lowest BCUT2D eigenvalue weighted by Crippen LogP contribution is -2.23. The predicted octanol–water partition coefficient (Wildman–Crippen LogP) is 4.89. The van der Waals surface area contributed by atoms with Crippen molar-refractivity contribution in [2.75, 3.05) is 14.1 Å². The molecule has 0 N–H and O–H groups in total. The first-order valence-electron chi connectivity index (χ1n) is 10.6. The second-order valence-electron chi connectivity index (χ2n) is 7.92. The van der Waals surface area contributed by atoms with Gasteiger partial charge in [-0.25, -0.2) is 0 Å². The molecule has 0 bridgehead atoms. The number of aromatic nitrogens is 5. The summed E-state index contributed by atoms with van der Waals surface area (Å²) in [7, 11) is 4.14. The Morgan fingerprint density at radius 2 is 1.81 bits per heavy atom. The third-order valence-electron chi connectivity index (χ3n) is 5.30. The number of benzene rings is 1. The molecule has 0 aliphatic heterocycles. The summed E-state index contributed by atoms with van der Waals surface area (Å²) in [5, 5.41) is 18.3. The average molecular weight is 453 g/mol. The van der Waals surface area contributed by atoms with E-state index in [9.17, 15) is 0 Å². The molecular weight excluding hydrogens is 424 g/mol. The number of rotatable bonds is 9. The molecule has 0 saturated heterocycles. The standard InChI is InChI=1S/C23H28N6O2S/c1-6-19(28(4)5)21-25-27-23(29(21)13-17-10-8-7-9-11-17)32-14-20-24-26-22(31-20)18-12-15(2)30-16(18)3/h7-12,19H,6,13-14H2,1-5H3/t19-/m0/s1. The Labute approximate surface area is 192 Å². The van der Waals surface area contributed by atoms with E-state index in [0.29, 0.717) is 24.1 Å². The first kappa shape index (κ1) is 22.3. The van der Waals surface area contributed by atoms with Gasteiger partial charge in [0.1, 0.15) is 11.5 Å². The van der Waals surface area contributed by atoms with Crippen molar-refractivity contribution in [1.29, 1.82) is 0 Å². The molecule has 4 aromatic rings. The van der Waals surface area contributed by atoms with Crippen molar-refractivity contribution < 1.29 is 8.83 Å². The van der Waals surface area contributed by atoms with Crippen LogP contribution in [0.3, 0.4) is 0 Å². The van der Waals surface area contributed by atoms with Gasteiger partial charge in [-0.05, 0) is 46.0 Å². The monoisotopic (exact) mass is 452 g/mol. The SMILES string of the molecule is CC[C@@H](c1nnc(SCc2nnc(-c3cc(C)oc3C)o2)n1Cc1ccccc1)N(C)C. The van der Waals surface area contributed by atoms with E-state index in [4.69, 9.17) is 8.83 Å². The van der Waals surface area contributed by atoms with Gasteiger partial charge in [0, 0.05) is 0 Å². The summed E-state index contributed by atoms with van der Waals surface area (Å²) in [6.07, 6.45) is 0.946. The van der Waals surface area contributed by atoms with Gasteiger partial charge in [-0.2, -0.15) is 0 Å². The highest BCUT2D eigenvalue weighted by atomic mass is 32.2. The minimum Gasteiger partial charge on any atom is -0.466 e. The number of thioether (sulfide) groups is 1. The molecule has 0 aliphatic rings. The van der Waals surface area contributed by atoms with Crippen LogP contribution in [0.2, 0.25) is 0 Å². The van der Waals surface area contributed by atoms with Crippen molar-refractivity contribution in [2.24, 2.45) is 0 Å². The van der Waals surface area contributed by atoms with E-state index in [1.54, 1.807) is 11.8 Å². The number of hydrogen-bond donors (Lipinski definition) is 0. The summed E-state index contributed by atoms with van der Waals surface area (Å²) in [6, 6.07) is 12.5. The quantitative estimate of drug-likeness (QED) is 0.332. The van der Waals surface area contributed by atoms with Gasteiger partial charge in [-0.3, -0.25) is 4.90 Å². The molecule has 0 amide bonds. The van der Waals surface area contributed by atoms with Gasteiger partial charge in [-0.15, -0.1) is 20.4 Å². The van der Waals surface area contributed by atoms with Gasteiger partial charge in [0.25, 0.3) is 5.89 Å². The van der Waals surface area contributed by atoms with E-state index in [0.717, 1.165) is 34.5 Å². The van der Waals surface area contributed by atoms with Crippen LogP contribution in [0.5, 0.6) is 0 Å². The minimum atomic E-state index is 0.183. The molecule has 0 fully saturated rings. The zero-order valence-corrected chi connectivity index (χ0v) is 19.9. The van der Waals surface area contributed by atoms with Crippen LogP contribution in [-0.4, -0.2) is 44.0 Å². The van der Waals surface area contributed by atoms with Crippen LogP contribution in [0, 0.1) is 13.8 Å². The first-order valence-corrected chi connectivity index (χ1v) is 11.6. The smallest absolute Gasteiger partial charge is 0.251 e. The minimum absolute atomic E-state index is 0.183. The fourth-order valence-electron chi connectivity index (χ4n) is 3.74. The van der Waals surface area contributed by atoms with E-state index >= 15 is 0 Å². The van der Waals surface area contributed by atoms with Crippen LogP contribution < -0.4 is 0 Å². The number of nitrogens with zero attached hydrogens (tertiary/aromatic N) is 6. The number of furan rings is 1. The maximum absolute atomic E-state index is 5.89. The van der Waals surface area contributed by atoms with Crippen LogP contribution in [0.15, 0.2) is 50.4 Å². The zero-order chi connectivity index (χ0) is 22.7. The molecule has 1 aromatic carbocycles. The highest BCUT2D eigenvalue weighted by Crippen LogP contribution is 2.30. The Morgan fingerprint density at radius 3 is 2.47 bits per heavy atom. The highest BCUT2D eigenvalue weighted by Gasteiger charge is 2.23. The fraction of sp³-hybridized carbons (Fsp3) is 0.391. The van der Waals surface area contributed by atoms with Crippen molar-refractivity contribution in [3.05, 3.63) is 65.2 Å². The molecule has 0 aliphatic carbocycles. The normalized spacial score (nSPS) is 12.6. The van der Waals surface area contributed by atoms with Crippen molar-refractivity contribution in [2.45, 2.75) is 50.7 Å². The van der Waals surface area contributed by atoms with Crippen LogP contribution in [0.1, 0.15) is 48.2 Å². The highest BCUT2D eigenvalue weighted by molar-refractivity contribution is 7.98. The zero-order valence-electron chi connectivity index (χ0n) is 19.1. The molecule has 0 radical (unpaired) electrons. The number of aryl methyl sites for hydroxylation is 2. The summed E-state index contributed by atoms with van der Waals surface area (Å²) in [5.74, 6) is 4.07. The van der Waals surface area contributed by atoms with E-state index < -0.39 is 0 Å². The molecule has 0 spiro atoms. The molecule has 3 aromatic heterocycles. The Balaban J connectivity index is 1.57. The summed E-state index contributed by atoms with van der Waals surface area (Å²) in [4.78, 5) is 2.18. The van der Waals surface area contributed by atoms with E-state index in [1.807, 2.05) is 26.0 Å². The molecule has 32 heavy (non-hydrogen) atoms. The Hall–Kier alpha value is -2.91. The van der Waals surface area contributed by atoms with Gasteiger partial charge in [0.15, 0.2) is 11.0 Å². The molecule has 4 rings (SSSR count). The summed E-state index contributed by atoms with van der Waals surface area (Å²) in [5.41, 5.74) is 2.03. The van der Waals surface area contributed by atoms with Crippen molar-refractivity contribution in [1.82, 2.24) is 29.9 Å². The molecule has 0 unspecified atom stereocenters. The summed E-state index contributed by atoms with van der Waals surface area (Å²) in [6.45, 7) is 6.67. The largest absolute Gasteiger partial charge is 0.466 e. The molecule has 0 saturated carbocycles. The second-order valence-corrected chi connectivity index (χ2v) is 8.86. The van der Waals surface area contributed by atoms with Gasteiger partial charge in [0.05, 0.1) is 23.9 Å². The van der Waals surface area contributed by atoms with Gasteiger partial charge in [-0.1, -0.05) is 49.0 Å². The maximum atomic E-state index is 5.89. The van der Waals surface area contributed by atoms with E-state index in [1.165, 1.54) is 5.56 Å². The second kappa shape index (κ2) is 9.70. The van der Waals surface area contributed by atoms with Gasteiger partial charge >= 0.3 is 0 Å². The van der Waals surface area contributed by atoms with Gasteiger partial charge in [0.2, 0.25) is 5.89 Å². The third kappa shape index (κ3) is 4.78. The summed E-state index contributed by atoms with van der Waals surface area (Å²) < 4.78 is 13.7. The molecule has 9 heteroatoms. The van der Waals surface area contributed by atoms with Crippen LogP contribution in [0.25, 0.3) is 11.5 Å². The van der Waals surface area contributed by atoms with Gasteiger partial charge < -0.3 is 13.4 Å². The molecule has 1 atom stereocenters. The van der Waals surface area contributed by atoms with Crippen LogP contribution >= 0.6 is 11.8 Å². The number of hydrogen-bond acceptors (Lipinski definition) is 8. The van der Waals surface area contributed by atoms with Crippen molar-refractivity contribution in [3.8, 4) is 11.5 Å². The lowest BCUT2D eigenvalue weighted by molar-refractivity contribution is 0.272. The topological polar surface area (TPSA) is 86.0 Å². The van der Waals surface area contributed by atoms with E-state index in [-0.39, 0.29) is 6.04 Å². The Kier molecular flexibility index (Phi) is 6.76. The Morgan fingerprint density at radius 1 is 1.03 bits per heavy atom. The molecule has 168 valence electrons. The summed E-state index contributed by atoms with van der Waals surface area (Å²) >= 11 is 1.55. The third-order valence-corrected chi connectivity index (χ3v) is 6.25. The maximum Gasteiger partial charge on any atom is 0.251 e. The lowest BCUT2D eigenvalue weighted by atomic mass is 10.2.